The van der Waals surface area contributed by atoms with E-state index in [4.69, 9.17) is 9.84 Å². The van der Waals surface area contributed by atoms with Crippen LogP contribution in [0.2, 0.25) is 0 Å². The lowest BCUT2D eigenvalue weighted by molar-refractivity contribution is -0.132. The van der Waals surface area contributed by atoms with Crippen LogP contribution < -0.4 is 5.32 Å². The Hall–Kier alpha value is -1.52. The number of ether oxygens (including phenoxy) is 1. The molecular weight excluding hydrogens is 210 g/mol. The number of hydrogen-bond donors (Lipinski definition) is 2. The summed E-state index contributed by atoms with van der Waals surface area (Å²) in [5, 5.41) is 11.1. The predicted molar refractivity (Wildman–Crippen MR) is 60.3 cm³/mol. The van der Waals surface area contributed by atoms with E-state index in [0.29, 0.717) is 25.1 Å². The fourth-order valence-corrected chi connectivity index (χ4v) is 1.01. The molecule has 0 spiro atoms. The summed E-state index contributed by atoms with van der Waals surface area (Å²) in [5.41, 5.74) is 0.352. The second-order valence-corrected chi connectivity index (χ2v) is 3.35. The Labute approximate surface area is 95.5 Å². The highest BCUT2D eigenvalue weighted by Gasteiger charge is 1.99. The first kappa shape index (κ1) is 14.5. The molecule has 5 heteroatoms. The third kappa shape index (κ3) is 7.84. The van der Waals surface area contributed by atoms with Gasteiger partial charge < -0.3 is 15.2 Å². The molecule has 0 unspecified atom stereocenters. The highest BCUT2D eigenvalue weighted by Crippen LogP contribution is 2.01. The lowest BCUT2D eigenvalue weighted by atomic mass is 10.2. The van der Waals surface area contributed by atoms with Gasteiger partial charge in [0.25, 0.3) is 0 Å². The smallest absolute Gasteiger partial charge is 0.407 e. The van der Waals surface area contributed by atoms with Gasteiger partial charge in [-0.3, -0.25) is 0 Å². The lowest BCUT2D eigenvalue weighted by Gasteiger charge is -2.04. The Morgan fingerprint density at radius 1 is 1.38 bits per heavy atom. The summed E-state index contributed by atoms with van der Waals surface area (Å²) in [6.45, 7) is 4.30. The molecule has 0 heterocycles. The average molecular weight is 229 g/mol. The molecule has 92 valence electrons. The van der Waals surface area contributed by atoms with E-state index in [1.54, 1.807) is 13.0 Å². The van der Waals surface area contributed by atoms with Crippen molar-refractivity contribution in [3.63, 3.8) is 0 Å². The molecule has 0 aromatic carbocycles. The zero-order valence-electron chi connectivity index (χ0n) is 9.78. The van der Waals surface area contributed by atoms with Crippen molar-refractivity contribution >= 4 is 12.1 Å². The molecule has 0 aromatic rings. The van der Waals surface area contributed by atoms with Gasteiger partial charge in [-0.15, -0.1) is 0 Å². The molecule has 16 heavy (non-hydrogen) atoms. The quantitative estimate of drug-likeness (QED) is 0.516. The molecule has 0 aromatic heterocycles. The number of nitrogens with one attached hydrogen (secondary N) is 1. The standard InChI is InChI=1S/C11H19NO4/c1-3-12-11(15)16-8-6-4-5-7-9(2)10(13)14/h7H,3-6,8H2,1-2H3,(H,12,15)(H,13,14). The minimum Gasteiger partial charge on any atom is -0.478 e. The second-order valence-electron chi connectivity index (χ2n) is 3.35. The van der Waals surface area contributed by atoms with Crippen LogP contribution in [0.3, 0.4) is 0 Å². The summed E-state index contributed by atoms with van der Waals surface area (Å²) in [4.78, 5) is 21.3. The van der Waals surface area contributed by atoms with Crippen LogP contribution in [-0.4, -0.2) is 30.3 Å². The Morgan fingerprint density at radius 2 is 2.06 bits per heavy atom. The molecule has 0 rings (SSSR count). The van der Waals surface area contributed by atoms with E-state index in [1.165, 1.54) is 0 Å². The summed E-state index contributed by atoms with van der Waals surface area (Å²) in [5.74, 6) is -0.890. The third-order valence-electron chi connectivity index (χ3n) is 1.94. The number of alkyl carbamates (subject to hydrolysis) is 1. The van der Waals surface area contributed by atoms with Crippen molar-refractivity contribution in [2.75, 3.05) is 13.2 Å². The molecule has 2 N–H and O–H groups in total. The van der Waals surface area contributed by atoms with Gasteiger partial charge in [0.2, 0.25) is 0 Å². The summed E-state index contributed by atoms with van der Waals surface area (Å²) >= 11 is 0. The number of carboxylic acids is 1. The van der Waals surface area contributed by atoms with Crippen LogP contribution in [0.15, 0.2) is 11.6 Å². The highest BCUT2D eigenvalue weighted by molar-refractivity contribution is 5.85. The van der Waals surface area contributed by atoms with Crippen molar-refractivity contribution in [1.29, 1.82) is 0 Å². The molecule has 0 aliphatic rings. The van der Waals surface area contributed by atoms with Crippen molar-refractivity contribution < 1.29 is 19.4 Å². The van der Waals surface area contributed by atoms with Gasteiger partial charge in [-0.05, 0) is 33.1 Å². The van der Waals surface area contributed by atoms with E-state index in [2.05, 4.69) is 5.32 Å². The molecule has 0 atom stereocenters. The van der Waals surface area contributed by atoms with E-state index in [9.17, 15) is 9.59 Å². The van der Waals surface area contributed by atoms with Crippen molar-refractivity contribution in [3.05, 3.63) is 11.6 Å². The van der Waals surface area contributed by atoms with Crippen LogP contribution in [0.1, 0.15) is 33.1 Å². The minimum absolute atomic E-state index is 0.352. The topological polar surface area (TPSA) is 75.6 Å². The van der Waals surface area contributed by atoms with Gasteiger partial charge in [-0.2, -0.15) is 0 Å². The molecule has 0 aliphatic heterocycles. The zero-order chi connectivity index (χ0) is 12.4. The molecule has 0 saturated heterocycles. The van der Waals surface area contributed by atoms with E-state index in [0.717, 1.165) is 12.8 Å². The van der Waals surface area contributed by atoms with Crippen molar-refractivity contribution in [3.8, 4) is 0 Å². The Bertz CT molecular complexity index is 261. The second kappa shape index (κ2) is 8.76. The van der Waals surface area contributed by atoms with Crippen molar-refractivity contribution in [1.82, 2.24) is 5.32 Å². The summed E-state index contributed by atoms with van der Waals surface area (Å²) in [6, 6.07) is 0. The molecule has 0 saturated carbocycles. The van der Waals surface area contributed by atoms with Gasteiger partial charge in [0.05, 0.1) is 6.61 Å². The number of amides is 1. The van der Waals surface area contributed by atoms with E-state index < -0.39 is 12.1 Å². The van der Waals surface area contributed by atoms with Gasteiger partial charge in [0, 0.05) is 12.1 Å². The Kier molecular flexibility index (Phi) is 7.93. The van der Waals surface area contributed by atoms with Crippen LogP contribution in [0.4, 0.5) is 4.79 Å². The molecule has 0 fully saturated rings. The predicted octanol–water partition coefficient (Wildman–Crippen LogP) is 1.93. The molecular formula is C11H19NO4. The number of rotatable bonds is 7. The van der Waals surface area contributed by atoms with Gasteiger partial charge in [-0.1, -0.05) is 6.08 Å². The zero-order valence-corrected chi connectivity index (χ0v) is 9.78. The Morgan fingerprint density at radius 3 is 2.62 bits per heavy atom. The van der Waals surface area contributed by atoms with Gasteiger partial charge in [-0.25, -0.2) is 9.59 Å². The number of allylic oxidation sites excluding steroid dienone is 1. The van der Waals surface area contributed by atoms with Crippen molar-refractivity contribution in [2.24, 2.45) is 0 Å². The van der Waals surface area contributed by atoms with E-state index in [1.807, 2.05) is 6.92 Å². The fraction of sp³-hybridized carbons (Fsp3) is 0.636. The number of carbonyl (C=O) groups is 2. The van der Waals surface area contributed by atoms with Crippen molar-refractivity contribution in [2.45, 2.75) is 33.1 Å². The number of carbonyl (C=O) groups excluding carboxylic acids is 1. The van der Waals surface area contributed by atoms with Crippen LogP contribution in [0.5, 0.6) is 0 Å². The molecule has 0 aliphatic carbocycles. The third-order valence-corrected chi connectivity index (χ3v) is 1.94. The first-order chi connectivity index (χ1) is 7.57. The van der Waals surface area contributed by atoms with Crippen LogP contribution >= 0.6 is 0 Å². The monoisotopic (exact) mass is 229 g/mol. The number of hydrogen-bond acceptors (Lipinski definition) is 3. The summed E-state index contributed by atoms with van der Waals surface area (Å²) < 4.78 is 4.85. The normalized spacial score (nSPS) is 11.0. The van der Waals surface area contributed by atoms with E-state index in [-0.39, 0.29) is 0 Å². The fourth-order valence-electron chi connectivity index (χ4n) is 1.01. The van der Waals surface area contributed by atoms with Gasteiger partial charge in [0.1, 0.15) is 0 Å². The summed E-state index contributed by atoms with van der Waals surface area (Å²) in [6.07, 6.45) is 3.51. The van der Waals surface area contributed by atoms with Gasteiger partial charge >= 0.3 is 12.1 Å². The largest absolute Gasteiger partial charge is 0.478 e. The number of carboxylic acid groups (broad SMARTS) is 1. The average Bonchev–Trinajstić information content (AvgIpc) is 2.23. The number of unbranched alkanes of at least 4 members (excludes halogenated alkanes) is 2. The van der Waals surface area contributed by atoms with Crippen LogP contribution in [0, 0.1) is 0 Å². The molecule has 0 bridgehead atoms. The SMILES string of the molecule is CCNC(=O)OCCCCC=C(C)C(=O)O. The number of aliphatic carboxylic acids is 1. The maximum absolute atomic E-state index is 10.9. The highest BCUT2D eigenvalue weighted by atomic mass is 16.5. The first-order valence-corrected chi connectivity index (χ1v) is 5.38. The lowest BCUT2D eigenvalue weighted by Crippen LogP contribution is -2.23. The van der Waals surface area contributed by atoms with Crippen LogP contribution in [-0.2, 0) is 9.53 Å². The summed E-state index contributed by atoms with van der Waals surface area (Å²) in [7, 11) is 0. The minimum atomic E-state index is -0.890. The van der Waals surface area contributed by atoms with Crippen LogP contribution in [0.25, 0.3) is 0 Å². The van der Waals surface area contributed by atoms with E-state index >= 15 is 0 Å². The Balaban J connectivity index is 3.44. The molecule has 0 radical (unpaired) electrons. The molecule has 1 amide bonds. The maximum Gasteiger partial charge on any atom is 0.407 e. The van der Waals surface area contributed by atoms with Gasteiger partial charge in [0.15, 0.2) is 0 Å². The first-order valence-electron chi connectivity index (χ1n) is 5.38. The molecule has 5 nitrogen and oxygen atoms in total. The maximum atomic E-state index is 10.9.